The summed E-state index contributed by atoms with van der Waals surface area (Å²) in [5.74, 6) is 1.17. The number of nitrogens with one attached hydrogen (secondary N) is 2. The number of aromatic nitrogens is 2. The maximum atomic E-state index is 12.3. The van der Waals surface area contributed by atoms with Crippen LogP contribution in [-0.4, -0.2) is 35.0 Å². The number of rotatable bonds is 3. The molecule has 0 atom stereocenters. The van der Waals surface area contributed by atoms with Crippen molar-refractivity contribution in [2.45, 2.75) is 38.1 Å². The number of amides is 1. The molecule has 0 spiro atoms. The van der Waals surface area contributed by atoms with Crippen molar-refractivity contribution in [3.63, 3.8) is 0 Å². The van der Waals surface area contributed by atoms with Crippen LogP contribution in [0.1, 0.15) is 32.1 Å². The van der Waals surface area contributed by atoms with Crippen LogP contribution in [0, 0.1) is 5.92 Å². The SMILES string of the molecule is O=C(NC1CCC1)C1CCN(c2nc3cc(Cl)c(Cl)cc3[nH]2)CC1. The van der Waals surface area contributed by atoms with Crippen molar-refractivity contribution in [2.24, 2.45) is 5.92 Å². The Labute approximate surface area is 150 Å². The van der Waals surface area contributed by atoms with Gasteiger partial charge in [-0.3, -0.25) is 4.79 Å². The maximum Gasteiger partial charge on any atom is 0.223 e. The molecule has 128 valence electrons. The van der Waals surface area contributed by atoms with E-state index in [2.05, 4.69) is 20.2 Å². The number of piperidine rings is 1. The lowest BCUT2D eigenvalue weighted by atomic mass is 9.90. The quantitative estimate of drug-likeness (QED) is 0.869. The minimum atomic E-state index is 0.120. The van der Waals surface area contributed by atoms with Gasteiger partial charge in [-0.1, -0.05) is 23.2 Å². The van der Waals surface area contributed by atoms with Crippen LogP contribution in [0.2, 0.25) is 10.0 Å². The fourth-order valence-electron chi connectivity index (χ4n) is 3.37. The molecule has 0 radical (unpaired) electrons. The smallest absolute Gasteiger partial charge is 0.223 e. The number of imidazole rings is 1. The van der Waals surface area contributed by atoms with Crippen molar-refractivity contribution < 1.29 is 4.79 Å². The summed E-state index contributed by atoms with van der Waals surface area (Å²) in [7, 11) is 0. The Hall–Kier alpha value is -1.46. The molecule has 1 saturated heterocycles. The number of fused-ring (bicyclic) bond motifs is 1. The second kappa shape index (κ2) is 6.45. The lowest BCUT2D eigenvalue weighted by molar-refractivity contribution is -0.126. The number of hydrogen-bond acceptors (Lipinski definition) is 3. The average molecular weight is 367 g/mol. The summed E-state index contributed by atoms with van der Waals surface area (Å²) in [5.41, 5.74) is 1.69. The molecular weight excluding hydrogens is 347 g/mol. The van der Waals surface area contributed by atoms with Gasteiger partial charge in [-0.15, -0.1) is 0 Å². The highest BCUT2D eigenvalue weighted by molar-refractivity contribution is 6.42. The van der Waals surface area contributed by atoms with E-state index in [-0.39, 0.29) is 11.8 Å². The summed E-state index contributed by atoms with van der Waals surface area (Å²) in [6.07, 6.45) is 5.22. The fourth-order valence-corrected chi connectivity index (χ4v) is 3.69. The third-order valence-corrected chi connectivity index (χ3v) is 5.85. The molecule has 0 unspecified atom stereocenters. The summed E-state index contributed by atoms with van der Waals surface area (Å²) in [5, 5.41) is 4.19. The molecule has 1 amide bonds. The Kier molecular flexibility index (Phi) is 4.31. The van der Waals surface area contributed by atoms with E-state index in [1.165, 1.54) is 6.42 Å². The molecule has 2 fully saturated rings. The third-order valence-electron chi connectivity index (χ3n) is 5.13. The molecule has 1 aliphatic carbocycles. The second-order valence-electron chi connectivity index (χ2n) is 6.74. The first-order chi connectivity index (χ1) is 11.6. The molecule has 5 nitrogen and oxygen atoms in total. The normalized spacial score (nSPS) is 19.5. The fraction of sp³-hybridized carbons (Fsp3) is 0.529. The number of aromatic amines is 1. The van der Waals surface area contributed by atoms with Crippen LogP contribution in [-0.2, 0) is 4.79 Å². The minimum Gasteiger partial charge on any atom is -0.353 e. The molecule has 7 heteroatoms. The van der Waals surface area contributed by atoms with Crippen LogP contribution in [0.25, 0.3) is 11.0 Å². The zero-order valence-electron chi connectivity index (χ0n) is 13.3. The van der Waals surface area contributed by atoms with Gasteiger partial charge in [0.1, 0.15) is 0 Å². The Balaban J connectivity index is 1.41. The van der Waals surface area contributed by atoms with Crippen LogP contribution in [0.15, 0.2) is 12.1 Å². The van der Waals surface area contributed by atoms with Crippen molar-refractivity contribution in [3.8, 4) is 0 Å². The monoisotopic (exact) mass is 366 g/mol. The first-order valence-corrected chi connectivity index (χ1v) is 9.26. The number of nitrogens with zero attached hydrogens (tertiary/aromatic N) is 2. The van der Waals surface area contributed by atoms with Gasteiger partial charge in [0.25, 0.3) is 0 Å². The number of hydrogen-bond donors (Lipinski definition) is 2. The predicted octanol–water partition coefficient (Wildman–Crippen LogP) is 3.75. The Morgan fingerprint density at radius 1 is 1.17 bits per heavy atom. The van der Waals surface area contributed by atoms with Crippen molar-refractivity contribution in [1.29, 1.82) is 0 Å². The van der Waals surface area contributed by atoms with E-state index in [1.807, 2.05) is 0 Å². The van der Waals surface area contributed by atoms with Crippen LogP contribution in [0.4, 0.5) is 5.95 Å². The molecule has 24 heavy (non-hydrogen) atoms. The molecule has 1 aromatic heterocycles. The Morgan fingerprint density at radius 2 is 1.88 bits per heavy atom. The van der Waals surface area contributed by atoms with Gasteiger partial charge < -0.3 is 15.2 Å². The molecule has 2 heterocycles. The number of halogens is 2. The van der Waals surface area contributed by atoms with Crippen molar-refractivity contribution in [1.82, 2.24) is 15.3 Å². The van der Waals surface area contributed by atoms with Crippen molar-refractivity contribution in [3.05, 3.63) is 22.2 Å². The van der Waals surface area contributed by atoms with Crippen LogP contribution < -0.4 is 10.2 Å². The molecule has 2 N–H and O–H groups in total. The molecular formula is C17H20Cl2N4O. The largest absolute Gasteiger partial charge is 0.353 e. The molecule has 1 saturated carbocycles. The van der Waals surface area contributed by atoms with Gasteiger partial charge in [0, 0.05) is 25.0 Å². The van der Waals surface area contributed by atoms with E-state index in [0.717, 1.165) is 55.8 Å². The van der Waals surface area contributed by atoms with Gasteiger partial charge in [0.05, 0.1) is 21.1 Å². The van der Waals surface area contributed by atoms with Gasteiger partial charge in [0.2, 0.25) is 11.9 Å². The highest BCUT2D eigenvalue weighted by Crippen LogP contribution is 2.29. The number of carbonyl (C=O) groups is 1. The van der Waals surface area contributed by atoms with E-state index in [4.69, 9.17) is 23.2 Å². The molecule has 1 aliphatic heterocycles. The van der Waals surface area contributed by atoms with Gasteiger partial charge in [-0.25, -0.2) is 4.98 Å². The summed E-state index contributed by atoms with van der Waals surface area (Å²) in [6, 6.07) is 3.99. The van der Waals surface area contributed by atoms with E-state index in [1.54, 1.807) is 12.1 Å². The van der Waals surface area contributed by atoms with Gasteiger partial charge in [-0.2, -0.15) is 0 Å². The van der Waals surface area contributed by atoms with Crippen LogP contribution in [0.3, 0.4) is 0 Å². The Bertz CT molecular complexity index is 724. The maximum absolute atomic E-state index is 12.3. The van der Waals surface area contributed by atoms with E-state index < -0.39 is 0 Å². The molecule has 4 rings (SSSR count). The highest BCUT2D eigenvalue weighted by Gasteiger charge is 2.29. The minimum absolute atomic E-state index is 0.120. The first-order valence-electron chi connectivity index (χ1n) is 8.50. The number of H-pyrrole nitrogens is 1. The average Bonchev–Trinajstić information content (AvgIpc) is 2.94. The summed E-state index contributed by atoms with van der Waals surface area (Å²) < 4.78 is 0. The molecule has 2 aliphatic rings. The van der Waals surface area contributed by atoms with Crippen LogP contribution >= 0.6 is 23.2 Å². The Morgan fingerprint density at radius 3 is 2.54 bits per heavy atom. The predicted molar refractivity (Wildman–Crippen MR) is 96.8 cm³/mol. The molecule has 2 aromatic rings. The summed E-state index contributed by atoms with van der Waals surface area (Å²) in [4.78, 5) is 22.4. The molecule has 1 aromatic carbocycles. The number of anilines is 1. The standard InChI is InChI=1S/C17H20Cl2N4O/c18-12-8-14-15(9-13(12)19)22-17(21-14)23-6-4-10(5-7-23)16(24)20-11-2-1-3-11/h8-11H,1-7H2,(H,20,24)(H,21,22). The summed E-state index contributed by atoms with van der Waals surface area (Å²) >= 11 is 12.1. The lowest BCUT2D eigenvalue weighted by Crippen LogP contribution is -2.46. The number of carbonyl (C=O) groups excluding carboxylic acids is 1. The zero-order chi connectivity index (χ0) is 16.7. The van der Waals surface area contributed by atoms with Crippen LogP contribution in [0.5, 0.6) is 0 Å². The first kappa shape index (κ1) is 16.0. The van der Waals surface area contributed by atoms with Gasteiger partial charge in [-0.05, 0) is 44.2 Å². The van der Waals surface area contributed by atoms with Crippen molar-refractivity contribution in [2.75, 3.05) is 18.0 Å². The second-order valence-corrected chi connectivity index (χ2v) is 7.56. The van der Waals surface area contributed by atoms with Crippen molar-refractivity contribution >= 4 is 46.1 Å². The lowest BCUT2D eigenvalue weighted by Gasteiger charge is -2.33. The van der Waals surface area contributed by atoms with Gasteiger partial charge >= 0.3 is 0 Å². The van der Waals surface area contributed by atoms with E-state index >= 15 is 0 Å². The third kappa shape index (κ3) is 3.07. The van der Waals surface area contributed by atoms with E-state index in [9.17, 15) is 4.79 Å². The topological polar surface area (TPSA) is 61.0 Å². The van der Waals surface area contributed by atoms with E-state index in [0.29, 0.717) is 16.1 Å². The highest BCUT2D eigenvalue weighted by atomic mass is 35.5. The zero-order valence-corrected chi connectivity index (χ0v) is 14.8. The number of benzene rings is 1. The summed E-state index contributed by atoms with van der Waals surface area (Å²) in [6.45, 7) is 1.65. The van der Waals surface area contributed by atoms with Gasteiger partial charge in [0.15, 0.2) is 0 Å². The molecule has 0 bridgehead atoms.